The zero-order chi connectivity index (χ0) is 28.4. The summed E-state index contributed by atoms with van der Waals surface area (Å²) in [5, 5.41) is 22.5. The highest BCUT2D eigenvalue weighted by molar-refractivity contribution is 5.91. The van der Waals surface area contributed by atoms with Crippen molar-refractivity contribution in [1.82, 2.24) is 0 Å². The molecule has 5 N–H and O–H groups in total. The van der Waals surface area contributed by atoms with E-state index >= 15 is 0 Å². The van der Waals surface area contributed by atoms with Gasteiger partial charge in [0.25, 0.3) is 0 Å². The monoisotopic (exact) mass is 563 g/mol. The minimum atomic E-state index is -1.41. The third-order valence-corrected chi connectivity index (χ3v) is 7.16. The van der Waals surface area contributed by atoms with Crippen LogP contribution in [-0.2, 0) is 14.2 Å². The van der Waals surface area contributed by atoms with Crippen LogP contribution in [0.4, 0.5) is 41.1 Å². The number of hydrogen-bond acceptors (Lipinski definition) is 10. The lowest BCUT2D eigenvalue weighted by Crippen LogP contribution is -2.52. The Morgan fingerprint density at radius 1 is 0.950 bits per heavy atom. The topological polar surface area (TPSA) is 150 Å². The summed E-state index contributed by atoms with van der Waals surface area (Å²) in [6, 6.07) is 7.37. The van der Waals surface area contributed by atoms with E-state index in [-0.39, 0.29) is 43.3 Å². The molecule has 0 bridgehead atoms. The fourth-order valence-electron chi connectivity index (χ4n) is 4.97. The third kappa shape index (κ3) is 5.61. The standard InChI is InChI=1S/C26H31F2N5O7/c27-17-11-15(1-3-19(17)30-5-8-34)33-14-22(40-26(33)37)24(35)23(29)21-13-32(25(36)39-21)16-2-4-20(18(28)12-16)31-6-9-38-10-7-31/h1-4,11-12,21-24,30,34-35H,5-10,13-14,29H2/t21-,22?,23?,24+/m1/s1. The Hall–Kier alpha value is -3.72. The Morgan fingerprint density at radius 3 is 2.17 bits per heavy atom. The first-order valence-corrected chi connectivity index (χ1v) is 12.9. The van der Waals surface area contributed by atoms with E-state index < -0.39 is 48.2 Å². The number of nitrogens with two attached hydrogens (primary N) is 1. The molecular formula is C26H31F2N5O7. The molecule has 40 heavy (non-hydrogen) atoms. The first kappa shape index (κ1) is 27.8. The zero-order valence-electron chi connectivity index (χ0n) is 21.5. The van der Waals surface area contributed by atoms with Crippen molar-refractivity contribution in [3.63, 3.8) is 0 Å². The van der Waals surface area contributed by atoms with Crippen LogP contribution in [0.15, 0.2) is 36.4 Å². The van der Waals surface area contributed by atoms with Crippen LogP contribution in [0.1, 0.15) is 0 Å². The number of ether oxygens (including phenoxy) is 3. The van der Waals surface area contributed by atoms with Gasteiger partial charge in [-0.25, -0.2) is 18.4 Å². The maximum Gasteiger partial charge on any atom is 0.414 e. The van der Waals surface area contributed by atoms with Crippen LogP contribution in [0, 0.1) is 11.6 Å². The number of halogens is 2. The van der Waals surface area contributed by atoms with Gasteiger partial charge in [0.05, 0.1) is 61.7 Å². The van der Waals surface area contributed by atoms with Crippen LogP contribution in [0.5, 0.6) is 0 Å². The lowest BCUT2D eigenvalue weighted by atomic mass is 10.0. The Morgan fingerprint density at radius 2 is 1.55 bits per heavy atom. The second kappa shape index (κ2) is 11.8. The van der Waals surface area contributed by atoms with Crippen molar-refractivity contribution in [3.05, 3.63) is 48.0 Å². The summed E-state index contributed by atoms with van der Waals surface area (Å²) in [7, 11) is 0. The number of rotatable bonds is 9. The second-order valence-corrected chi connectivity index (χ2v) is 9.68. The average Bonchev–Trinajstić information content (AvgIpc) is 3.54. The Bertz CT molecular complexity index is 1250. The Labute approximate surface area is 228 Å². The number of nitrogens with one attached hydrogen (secondary N) is 1. The highest BCUT2D eigenvalue weighted by Crippen LogP contribution is 2.31. The van der Waals surface area contributed by atoms with Gasteiger partial charge < -0.3 is 40.4 Å². The molecule has 3 aliphatic heterocycles. The summed E-state index contributed by atoms with van der Waals surface area (Å²) in [6.45, 7) is 1.94. The van der Waals surface area contributed by atoms with Gasteiger partial charge in [-0.15, -0.1) is 0 Å². The quantitative estimate of drug-likeness (QED) is 0.351. The van der Waals surface area contributed by atoms with Gasteiger partial charge >= 0.3 is 12.2 Å². The summed E-state index contributed by atoms with van der Waals surface area (Å²) >= 11 is 0. The minimum Gasteiger partial charge on any atom is -0.442 e. The molecule has 0 aromatic heterocycles. The molecule has 3 fully saturated rings. The molecule has 2 aromatic rings. The highest BCUT2D eigenvalue weighted by Gasteiger charge is 2.45. The Balaban J connectivity index is 1.21. The number of aliphatic hydroxyl groups is 2. The van der Waals surface area contributed by atoms with Gasteiger partial charge in [0, 0.05) is 19.6 Å². The van der Waals surface area contributed by atoms with Gasteiger partial charge in [-0.2, -0.15) is 0 Å². The van der Waals surface area contributed by atoms with E-state index in [1.54, 1.807) is 12.1 Å². The molecule has 3 aliphatic rings. The van der Waals surface area contributed by atoms with E-state index in [0.717, 1.165) is 11.0 Å². The molecule has 4 atom stereocenters. The summed E-state index contributed by atoms with van der Waals surface area (Å²) < 4.78 is 45.3. The van der Waals surface area contributed by atoms with Crippen LogP contribution < -0.4 is 25.8 Å². The van der Waals surface area contributed by atoms with Gasteiger partial charge in [0.15, 0.2) is 0 Å². The van der Waals surface area contributed by atoms with Crippen molar-refractivity contribution < 1.29 is 42.8 Å². The SMILES string of the molecule is NC([C@@H](O)C1CN(c2ccc(NCCO)c(F)c2)C(=O)O1)[C@H]1CN(c2ccc(N3CCOCC3)c(F)c2)C(=O)O1. The van der Waals surface area contributed by atoms with Crippen LogP contribution >= 0.6 is 0 Å². The van der Waals surface area contributed by atoms with E-state index in [2.05, 4.69) is 5.32 Å². The summed E-state index contributed by atoms with van der Waals surface area (Å²) in [6.07, 6.45) is -5.00. The molecule has 2 aromatic carbocycles. The molecule has 3 heterocycles. The predicted octanol–water partition coefficient (Wildman–Crippen LogP) is 1.24. The van der Waals surface area contributed by atoms with E-state index in [0.29, 0.717) is 32.0 Å². The molecule has 0 radical (unpaired) electrons. The fourth-order valence-corrected chi connectivity index (χ4v) is 4.97. The van der Waals surface area contributed by atoms with E-state index in [1.165, 1.54) is 23.1 Å². The van der Waals surface area contributed by atoms with Crippen molar-refractivity contribution in [2.45, 2.75) is 24.4 Å². The number of benzene rings is 2. The van der Waals surface area contributed by atoms with Crippen molar-refractivity contribution in [3.8, 4) is 0 Å². The summed E-state index contributed by atoms with van der Waals surface area (Å²) in [5.74, 6) is -1.13. The second-order valence-electron chi connectivity index (χ2n) is 9.68. The maximum absolute atomic E-state index is 14.9. The van der Waals surface area contributed by atoms with Crippen LogP contribution in [-0.4, -0.2) is 99.3 Å². The van der Waals surface area contributed by atoms with Gasteiger partial charge in [-0.3, -0.25) is 9.80 Å². The normalized spacial score (nSPS) is 22.8. The lowest BCUT2D eigenvalue weighted by Gasteiger charge is -2.29. The largest absolute Gasteiger partial charge is 0.442 e. The van der Waals surface area contributed by atoms with Crippen molar-refractivity contribution in [2.24, 2.45) is 5.73 Å². The average molecular weight is 564 g/mol. The maximum atomic E-state index is 14.9. The molecule has 0 spiro atoms. The van der Waals surface area contributed by atoms with E-state index in [4.69, 9.17) is 25.1 Å². The van der Waals surface area contributed by atoms with Gasteiger partial charge in [-0.1, -0.05) is 0 Å². The molecule has 216 valence electrons. The number of morpholine rings is 1. The van der Waals surface area contributed by atoms with Crippen molar-refractivity contribution in [1.29, 1.82) is 0 Å². The number of aliphatic hydroxyl groups excluding tert-OH is 2. The summed E-state index contributed by atoms with van der Waals surface area (Å²) in [5.41, 5.74) is 7.29. The molecular weight excluding hydrogens is 532 g/mol. The van der Waals surface area contributed by atoms with Crippen molar-refractivity contribution >= 4 is 34.9 Å². The number of nitrogens with zero attached hydrogens (tertiary/aromatic N) is 3. The number of carbonyl (C=O) groups excluding carboxylic acids is 2. The first-order valence-electron chi connectivity index (χ1n) is 12.9. The molecule has 14 heteroatoms. The van der Waals surface area contributed by atoms with E-state index in [9.17, 15) is 23.5 Å². The van der Waals surface area contributed by atoms with Gasteiger partial charge in [-0.05, 0) is 36.4 Å². The molecule has 12 nitrogen and oxygen atoms in total. The predicted molar refractivity (Wildman–Crippen MR) is 141 cm³/mol. The molecule has 5 rings (SSSR count). The van der Waals surface area contributed by atoms with Crippen LogP contribution in [0.25, 0.3) is 0 Å². The first-order chi connectivity index (χ1) is 19.3. The lowest BCUT2D eigenvalue weighted by molar-refractivity contribution is -0.00949. The fraction of sp³-hybridized carbons (Fsp3) is 0.462. The van der Waals surface area contributed by atoms with Gasteiger partial charge in [0.1, 0.15) is 29.9 Å². The number of amides is 2. The molecule has 3 saturated heterocycles. The van der Waals surface area contributed by atoms with Crippen LogP contribution in [0.3, 0.4) is 0 Å². The number of anilines is 4. The van der Waals surface area contributed by atoms with Gasteiger partial charge in [0.2, 0.25) is 0 Å². The molecule has 2 amide bonds. The molecule has 0 aliphatic carbocycles. The summed E-state index contributed by atoms with van der Waals surface area (Å²) in [4.78, 5) is 29.4. The molecule has 0 saturated carbocycles. The number of carbonyl (C=O) groups is 2. The number of hydrogen-bond donors (Lipinski definition) is 4. The Kier molecular flexibility index (Phi) is 8.21. The third-order valence-electron chi connectivity index (χ3n) is 7.16. The van der Waals surface area contributed by atoms with Crippen LogP contribution in [0.2, 0.25) is 0 Å². The smallest absolute Gasteiger partial charge is 0.414 e. The molecule has 2 unspecified atom stereocenters. The number of cyclic esters (lactones) is 2. The van der Waals surface area contributed by atoms with Crippen molar-refractivity contribution in [2.75, 3.05) is 72.6 Å². The van der Waals surface area contributed by atoms with E-state index in [1.807, 2.05) is 4.90 Å². The highest BCUT2D eigenvalue weighted by atomic mass is 19.1. The zero-order valence-corrected chi connectivity index (χ0v) is 21.5. The minimum absolute atomic E-state index is 0.0503.